The van der Waals surface area contributed by atoms with Crippen LogP contribution < -0.4 is 5.32 Å². The quantitative estimate of drug-likeness (QED) is 0.376. The van der Waals surface area contributed by atoms with Gasteiger partial charge in [-0.2, -0.15) is 5.10 Å². The maximum atomic E-state index is 14.1. The van der Waals surface area contributed by atoms with E-state index in [2.05, 4.69) is 43.7 Å². The zero-order valence-corrected chi connectivity index (χ0v) is 17.7. The van der Waals surface area contributed by atoms with Gasteiger partial charge in [-0.15, -0.1) is 0 Å². The predicted molar refractivity (Wildman–Crippen MR) is 124 cm³/mol. The zero-order valence-electron chi connectivity index (χ0n) is 17.7. The third-order valence-electron chi connectivity index (χ3n) is 6.34. The van der Waals surface area contributed by atoms with E-state index in [9.17, 15) is 4.39 Å². The lowest BCUT2D eigenvalue weighted by molar-refractivity contribution is 0.454. The van der Waals surface area contributed by atoms with Gasteiger partial charge >= 0.3 is 0 Å². The molecule has 0 spiro atoms. The maximum Gasteiger partial charge on any atom is 0.135 e. The molecule has 0 aliphatic carbocycles. The van der Waals surface area contributed by atoms with Crippen LogP contribution in [0.4, 0.5) is 4.39 Å². The molecule has 1 aromatic carbocycles. The molecule has 3 N–H and O–H groups in total. The topological polar surface area (TPSA) is 82.3 Å². The van der Waals surface area contributed by atoms with Gasteiger partial charge in [0.2, 0.25) is 0 Å². The number of hydrogen-bond acceptors (Lipinski definition) is 4. The Hall–Kier alpha value is -3.58. The Balaban J connectivity index is 1.47. The summed E-state index contributed by atoms with van der Waals surface area (Å²) in [6.07, 6.45) is 5.77. The monoisotopic (exact) mass is 426 g/mol. The molecule has 7 heteroatoms. The van der Waals surface area contributed by atoms with Crippen molar-refractivity contribution >= 4 is 21.9 Å². The average Bonchev–Trinajstić information content (AvgIpc) is 3.42. The van der Waals surface area contributed by atoms with Crippen LogP contribution in [0.3, 0.4) is 0 Å². The van der Waals surface area contributed by atoms with Crippen LogP contribution in [-0.4, -0.2) is 38.2 Å². The fourth-order valence-corrected chi connectivity index (χ4v) is 4.75. The van der Waals surface area contributed by atoms with Gasteiger partial charge in [-0.05, 0) is 74.3 Å². The summed E-state index contributed by atoms with van der Waals surface area (Å²) in [5.41, 5.74) is 8.00. The number of hydrogen-bond donors (Lipinski definition) is 3. The normalized spacial score (nSPS) is 15.1. The van der Waals surface area contributed by atoms with Crippen LogP contribution in [0.1, 0.15) is 30.0 Å². The largest absolute Gasteiger partial charge is 0.352 e. The Morgan fingerprint density at radius 1 is 1.00 bits per heavy atom. The average molecular weight is 426 g/mol. The van der Waals surface area contributed by atoms with Crippen molar-refractivity contribution in [1.29, 1.82) is 0 Å². The van der Waals surface area contributed by atoms with Crippen molar-refractivity contribution in [2.24, 2.45) is 0 Å². The van der Waals surface area contributed by atoms with E-state index in [1.165, 1.54) is 6.07 Å². The predicted octanol–water partition coefficient (Wildman–Crippen LogP) is 5.08. The Morgan fingerprint density at radius 3 is 2.72 bits per heavy atom. The highest BCUT2D eigenvalue weighted by Gasteiger charge is 2.20. The Bertz CT molecular complexity index is 1420. The van der Waals surface area contributed by atoms with Gasteiger partial charge in [0.1, 0.15) is 17.0 Å². The van der Waals surface area contributed by atoms with Gasteiger partial charge < -0.3 is 10.3 Å². The van der Waals surface area contributed by atoms with Gasteiger partial charge in [0.15, 0.2) is 0 Å². The third-order valence-corrected chi connectivity index (χ3v) is 6.34. The van der Waals surface area contributed by atoms with Crippen molar-refractivity contribution in [1.82, 2.24) is 30.5 Å². The lowest BCUT2D eigenvalue weighted by Gasteiger charge is -2.22. The molecule has 6 rings (SSSR count). The molecule has 160 valence electrons. The van der Waals surface area contributed by atoms with E-state index in [1.54, 1.807) is 18.5 Å². The van der Waals surface area contributed by atoms with Gasteiger partial charge in [0, 0.05) is 28.8 Å². The van der Waals surface area contributed by atoms with Gasteiger partial charge in [-0.1, -0.05) is 6.07 Å². The van der Waals surface area contributed by atoms with Crippen LogP contribution in [0.15, 0.2) is 48.8 Å². The molecule has 0 amide bonds. The molecule has 5 heterocycles. The first-order chi connectivity index (χ1) is 15.7. The molecule has 5 aromatic rings. The van der Waals surface area contributed by atoms with Crippen LogP contribution in [0, 0.1) is 12.7 Å². The molecule has 6 nitrogen and oxygen atoms in total. The minimum atomic E-state index is -0.249. The summed E-state index contributed by atoms with van der Waals surface area (Å²) in [5.74, 6) is 0.221. The summed E-state index contributed by atoms with van der Waals surface area (Å²) in [5, 5.41) is 12.1. The number of H-pyrrole nitrogens is 2. The second-order valence-electron chi connectivity index (χ2n) is 8.58. The molecule has 1 aliphatic heterocycles. The van der Waals surface area contributed by atoms with Crippen molar-refractivity contribution in [3.63, 3.8) is 0 Å². The number of rotatable bonds is 3. The number of pyridine rings is 2. The second kappa shape index (κ2) is 7.53. The summed E-state index contributed by atoms with van der Waals surface area (Å²) >= 11 is 0. The van der Waals surface area contributed by atoms with E-state index in [0.29, 0.717) is 5.92 Å². The highest BCUT2D eigenvalue weighted by Crippen LogP contribution is 2.34. The minimum absolute atomic E-state index is 0.249. The molecular formula is C25H23FN6. The molecule has 1 aliphatic rings. The van der Waals surface area contributed by atoms with Crippen LogP contribution in [-0.2, 0) is 0 Å². The summed E-state index contributed by atoms with van der Waals surface area (Å²) in [6.45, 7) is 3.95. The number of nitrogens with one attached hydrogen (secondary N) is 3. The van der Waals surface area contributed by atoms with Crippen molar-refractivity contribution in [3.05, 3.63) is 65.9 Å². The number of benzene rings is 1. The highest BCUT2D eigenvalue weighted by atomic mass is 19.1. The minimum Gasteiger partial charge on any atom is -0.352 e. The molecule has 0 saturated carbocycles. The summed E-state index contributed by atoms with van der Waals surface area (Å²) in [4.78, 5) is 12.8. The number of nitrogens with zero attached hydrogens (tertiary/aromatic N) is 3. The molecule has 1 saturated heterocycles. The SMILES string of the molecule is Cc1cc(F)cc(-c2cncc3[nH]c(-c4n[nH]c5ccc(C6CCNCC6)nc45)cc23)c1. The van der Waals surface area contributed by atoms with Crippen LogP contribution in [0.25, 0.3) is 44.5 Å². The summed E-state index contributed by atoms with van der Waals surface area (Å²) < 4.78 is 14.1. The van der Waals surface area contributed by atoms with Crippen molar-refractivity contribution < 1.29 is 4.39 Å². The second-order valence-corrected chi connectivity index (χ2v) is 8.58. The van der Waals surface area contributed by atoms with Crippen LogP contribution >= 0.6 is 0 Å². The molecule has 0 bridgehead atoms. The highest BCUT2D eigenvalue weighted by molar-refractivity contribution is 5.99. The van der Waals surface area contributed by atoms with Crippen molar-refractivity contribution in [2.75, 3.05) is 13.1 Å². The summed E-state index contributed by atoms with van der Waals surface area (Å²) in [6, 6.07) is 11.3. The molecular weight excluding hydrogens is 403 g/mol. The number of halogens is 1. The molecule has 0 unspecified atom stereocenters. The third kappa shape index (κ3) is 3.26. The fraction of sp³-hybridized carbons (Fsp3) is 0.240. The van der Waals surface area contributed by atoms with Crippen LogP contribution in [0.5, 0.6) is 0 Å². The van der Waals surface area contributed by atoms with Crippen LogP contribution in [0.2, 0.25) is 0 Å². The molecule has 32 heavy (non-hydrogen) atoms. The first-order valence-electron chi connectivity index (χ1n) is 11.0. The van der Waals surface area contributed by atoms with Gasteiger partial charge in [0.25, 0.3) is 0 Å². The molecule has 1 fully saturated rings. The molecule has 0 atom stereocenters. The lowest BCUT2D eigenvalue weighted by Crippen LogP contribution is -2.27. The Morgan fingerprint density at radius 2 is 1.88 bits per heavy atom. The van der Waals surface area contributed by atoms with E-state index >= 15 is 0 Å². The van der Waals surface area contributed by atoms with Gasteiger partial charge in [-0.3, -0.25) is 10.1 Å². The maximum absolute atomic E-state index is 14.1. The van der Waals surface area contributed by atoms with E-state index in [0.717, 1.165) is 81.6 Å². The molecule has 0 radical (unpaired) electrons. The zero-order chi connectivity index (χ0) is 21.7. The fourth-order valence-electron chi connectivity index (χ4n) is 4.75. The van der Waals surface area contributed by atoms with Gasteiger partial charge in [0.05, 0.1) is 22.9 Å². The lowest BCUT2D eigenvalue weighted by atomic mass is 9.94. The van der Waals surface area contributed by atoms with E-state index < -0.39 is 0 Å². The van der Waals surface area contributed by atoms with E-state index in [1.807, 2.05) is 13.0 Å². The Kier molecular flexibility index (Phi) is 4.50. The van der Waals surface area contributed by atoms with Crippen molar-refractivity contribution in [2.45, 2.75) is 25.7 Å². The van der Waals surface area contributed by atoms with Gasteiger partial charge in [-0.25, -0.2) is 9.37 Å². The first-order valence-corrected chi connectivity index (χ1v) is 11.0. The summed E-state index contributed by atoms with van der Waals surface area (Å²) in [7, 11) is 0. The number of fused-ring (bicyclic) bond motifs is 2. The smallest absolute Gasteiger partial charge is 0.135 e. The number of aryl methyl sites for hydroxylation is 1. The van der Waals surface area contributed by atoms with E-state index in [4.69, 9.17) is 4.98 Å². The standard InChI is InChI=1S/C25H23FN6/c1-14-8-16(10-17(26)9-14)19-12-28-13-23-18(19)11-22(29-23)25-24-21(31-32-25)3-2-20(30-24)15-4-6-27-7-5-15/h2-3,8-13,15,27,29H,4-7H2,1H3,(H,31,32). The van der Waals surface area contributed by atoms with E-state index in [-0.39, 0.29) is 5.82 Å². The number of aromatic nitrogens is 5. The first kappa shape index (κ1) is 19.1. The Labute approximate surface area is 184 Å². The number of aromatic amines is 2. The number of piperidine rings is 1. The van der Waals surface area contributed by atoms with Crippen molar-refractivity contribution in [3.8, 4) is 22.5 Å². The molecule has 4 aromatic heterocycles.